The smallest absolute Gasteiger partial charge is 0.253 e. The zero-order chi connectivity index (χ0) is 17.1. The first-order chi connectivity index (χ1) is 11.5. The second kappa shape index (κ2) is 7.03. The Kier molecular flexibility index (Phi) is 4.83. The molecule has 0 bridgehead atoms. The normalized spacial score (nSPS) is 18.2. The fourth-order valence-corrected chi connectivity index (χ4v) is 3.17. The summed E-state index contributed by atoms with van der Waals surface area (Å²) in [4.78, 5) is 41.6. The summed E-state index contributed by atoms with van der Waals surface area (Å²) >= 11 is 0. The van der Waals surface area contributed by atoms with Gasteiger partial charge in [0.2, 0.25) is 11.8 Å². The molecule has 0 unspecified atom stereocenters. The van der Waals surface area contributed by atoms with Gasteiger partial charge in [0.15, 0.2) is 0 Å². The van der Waals surface area contributed by atoms with Crippen molar-refractivity contribution in [3.05, 3.63) is 35.4 Å². The summed E-state index contributed by atoms with van der Waals surface area (Å²) in [6.07, 6.45) is 1.39. The lowest BCUT2D eigenvalue weighted by molar-refractivity contribution is -0.139. The number of hydrogen-bond donors (Lipinski definition) is 0. The van der Waals surface area contributed by atoms with Gasteiger partial charge in [0.05, 0.1) is 6.54 Å². The molecule has 0 atom stereocenters. The summed E-state index contributed by atoms with van der Waals surface area (Å²) in [5.74, 6) is 0.0565. The van der Waals surface area contributed by atoms with Gasteiger partial charge < -0.3 is 14.7 Å². The molecule has 2 saturated heterocycles. The van der Waals surface area contributed by atoms with Crippen molar-refractivity contribution in [2.75, 3.05) is 39.3 Å². The Bertz CT molecular complexity index is 633. The number of benzene rings is 1. The van der Waals surface area contributed by atoms with Gasteiger partial charge in [0.25, 0.3) is 5.91 Å². The zero-order valence-electron chi connectivity index (χ0n) is 14.0. The van der Waals surface area contributed by atoms with E-state index in [9.17, 15) is 14.4 Å². The van der Waals surface area contributed by atoms with E-state index in [1.807, 2.05) is 31.2 Å². The minimum absolute atomic E-state index is 0.0109. The van der Waals surface area contributed by atoms with Crippen LogP contribution in [-0.2, 0) is 9.59 Å². The molecule has 2 aliphatic rings. The Hall–Kier alpha value is -2.37. The molecule has 2 aliphatic heterocycles. The Labute approximate surface area is 142 Å². The highest BCUT2D eigenvalue weighted by Crippen LogP contribution is 2.12. The molecule has 24 heavy (non-hydrogen) atoms. The molecular formula is C18H23N3O3. The summed E-state index contributed by atoms with van der Waals surface area (Å²) in [6.45, 7) is 4.96. The molecule has 6 nitrogen and oxygen atoms in total. The third-order valence-electron chi connectivity index (χ3n) is 4.72. The monoisotopic (exact) mass is 329 g/mol. The van der Waals surface area contributed by atoms with E-state index in [4.69, 9.17) is 0 Å². The lowest BCUT2D eigenvalue weighted by Crippen LogP contribution is -2.52. The molecule has 3 amide bonds. The zero-order valence-corrected chi connectivity index (χ0v) is 14.0. The second-order valence-corrected chi connectivity index (χ2v) is 6.46. The van der Waals surface area contributed by atoms with E-state index < -0.39 is 0 Å². The SMILES string of the molecule is Cc1ccc(C(=O)N2CCN(C(=O)CN3CCCC3=O)CC2)cc1. The number of piperazine rings is 1. The van der Waals surface area contributed by atoms with Crippen LogP contribution in [0.1, 0.15) is 28.8 Å². The average molecular weight is 329 g/mol. The number of amides is 3. The molecule has 0 spiro atoms. The summed E-state index contributed by atoms with van der Waals surface area (Å²) in [5.41, 5.74) is 1.81. The number of carbonyl (C=O) groups is 3. The third-order valence-corrected chi connectivity index (χ3v) is 4.72. The summed E-state index contributed by atoms with van der Waals surface area (Å²) < 4.78 is 0. The Morgan fingerprint density at radius 3 is 2.17 bits per heavy atom. The Morgan fingerprint density at radius 2 is 1.58 bits per heavy atom. The molecule has 3 rings (SSSR count). The van der Waals surface area contributed by atoms with E-state index in [0.29, 0.717) is 44.7 Å². The van der Waals surface area contributed by atoms with Crippen molar-refractivity contribution in [2.24, 2.45) is 0 Å². The van der Waals surface area contributed by atoms with Crippen molar-refractivity contribution in [1.29, 1.82) is 0 Å². The second-order valence-electron chi connectivity index (χ2n) is 6.46. The van der Waals surface area contributed by atoms with Gasteiger partial charge in [-0.2, -0.15) is 0 Å². The number of likely N-dealkylation sites (tertiary alicyclic amines) is 1. The van der Waals surface area contributed by atoms with Gasteiger partial charge in [0.1, 0.15) is 0 Å². The van der Waals surface area contributed by atoms with E-state index in [1.54, 1.807) is 14.7 Å². The van der Waals surface area contributed by atoms with Gasteiger partial charge in [-0.3, -0.25) is 14.4 Å². The topological polar surface area (TPSA) is 60.9 Å². The van der Waals surface area contributed by atoms with Crippen molar-refractivity contribution in [3.8, 4) is 0 Å². The largest absolute Gasteiger partial charge is 0.338 e. The standard InChI is InChI=1S/C18H23N3O3/c1-14-4-6-15(7-5-14)18(24)20-11-9-19(10-12-20)17(23)13-21-8-2-3-16(21)22/h4-7H,2-3,8-13H2,1H3. The van der Waals surface area contributed by atoms with Gasteiger partial charge in [-0.15, -0.1) is 0 Å². The molecule has 0 aromatic heterocycles. The molecule has 2 heterocycles. The quantitative estimate of drug-likeness (QED) is 0.828. The van der Waals surface area contributed by atoms with E-state index in [2.05, 4.69) is 0 Å². The number of nitrogens with zero attached hydrogens (tertiary/aromatic N) is 3. The molecule has 0 aliphatic carbocycles. The highest BCUT2D eigenvalue weighted by molar-refractivity contribution is 5.94. The Balaban J connectivity index is 1.51. The summed E-state index contributed by atoms with van der Waals surface area (Å²) in [7, 11) is 0. The van der Waals surface area contributed by atoms with Gasteiger partial charge in [-0.25, -0.2) is 0 Å². The van der Waals surface area contributed by atoms with E-state index in [0.717, 1.165) is 12.0 Å². The van der Waals surface area contributed by atoms with Crippen LogP contribution >= 0.6 is 0 Å². The van der Waals surface area contributed by atoms with Crippen LogP contribution in [0.5, 0.6) is 0 Å². The first-order valence-corrected chi connectivity index (χ1v) is 8.46. The molecule has 1 aromatic rings. The van der Waals surface area contributed by atoms with Crippen LogP contribution in [-0.4, -0.2) is 71.7 Å². The minimum Gasteiger partial charge on any atom is -0.338 e. The van der Waals surface area contributed by atoms with Crippen LogP contribution in [0.3, 0.4) is 0 Å². The highest BCUT2D eigenvalue weighted by Gasteiger charge is 2.28. The van der Waals surface area contributed by atoms with Crippen LogP contribution in [0, 0.1) is 6.92 Å². The molecule has 0 saturated carbocycles. The summed E-state index contributed by atoms with van der Waals surface area (Å²) in [6, 6.07) is 7.54. The maximum Gasteiger partial charge on any atom is 0.253 e. The van der Waals surface area contributed by atoms with E-state index >= 15 is 0 Å². The minimum atomic E-state index is -0.0207. The molecule has 128 valence electrons. The van der Waals surface area contributed by atoms with Crippen LogP contribution in [0.25, 0.3) is 0 Å². The first kappa shape index (κ1) is 16.5. The van der Waals surface area contributed by atoms with Gasteiger partial charge in [-0.05, 0) is 25.5 Å². The molecule has 0 radical (unpaired) electrons. The first-order valence-electron chi connectivity index (χ1n) is 8.46. The summed E-state index contributed by atoms with van der Waals surface area (Å²) in [5, 5.41) is 0. The number of rotatable bonds is 3. The van der Waals surface area contributed by atoms with Gasteiger partial charge in [-0.1, -0.05) is 17.7 Å². The third kappa shape index (κ3) is 3.58. The highest BCUT2D eigenvalue weighted by atomic mass is 16.2. The number of carbonyl (C=O) groups excluding carboxylic acids is 3. The lowest BCUT2D eigenvalue weighted by atomic mass is 10.1. The molecule has 6 heteroatoms. The number of hydrogen-bond acceptors (Lipinski definition) is 3. The lowest BCUT2D eigenvalue weighted by Gasteiger charge is -2.35. The van der Waals surface area contributed by atoms with E-state index in [1.165, 1.54) is 0 Å². The fraction of sp³-hybridized carbons (Fsp3) is 0.500. The van der Waals surface area contributed by atoms with E-state index in [-0.39, 0.29) is 24.3 Å². The molecule has 2 fully saturated rings. The van der Waals surface area contributed by atoms with Crippen LogP contribution in [0.15, 0.2) is 24.3 Å². The van der Waals surface area contributed by atoms with Crippen LogP contribution in [0.4, 0.5) is 0 Å². The maximum atomic E-state index is 12.5. The van der Waals surface area contributed by atoms with Gasteiger partial charge in [0, 0.05) is 44.7 Å². The average Bonchev–Trinajstić information content (AvgIpc) is 3.00. The number of aryl methyl sites for hydroxylation is 1. The van der Waals surface area contributed by atoms with Crippen molar-refractivity contribution in [1.82, 2.24) is 14.7 Å². The predicted molar refractivity (Wildman–Crippen MR) is 89.5 cm³/mol. The van der Waals surface area contributed by atoms with Gasteiger partial charge >= 0.3 is 0 Å². The Morgan fingerprint density at radius 1 is 0.958 bits per heavy atom. The van der Waals surface area contributed by atoms with Crippen molar-refractivity contribution < 1.29 is 14.4 Å². The molecule has 1 aromatic carbocycles. The van der Waals surface area contributed by atoms with Crippen molar-refractivity contribution in [3.63, 3.8) is 0 Å². The fourth-order valence-electron chi connectivity index (χ4n) is 3.17. The predicted octanol–water partition coefficient (Wildman–Crippen LogP) is 0.902. The maximum absolute atomic E-state index is 12.5. The van der Waals surface area contributed by atoms with Crippen LogP contribution < -0.4 is 0 Å². The van der Waals surface area contributed by atoms with Crippen molar-refractivity contribution >= 4 is 17.7 Å². The van der Waals surface area contributed by atoms with Crippen molar-refractivity contribution in [2.45, 2.75) is 19.8 Å². The molecule has 0 N–H and O–H groups in total. The molecular weight excluding hydrogens is 306 g/mol. The van der Waals surface area contributed by atoms with Crippen LogP contribution in [0.2, 0.25) is 0 Å².